The minimum absolute atomic E-state index is 0.0232. The molecule has 0 aliphatic carbocycles. The topological polar surface area (TPSA) is 53.6 Å². The second-order valence-electron chi connectivity index (χ2n) is 7.23. The zero-order valence-electron chi connectivity index (χ0n) is 16.5. The van der Waals surface area contributed by atoms with Crippen molar-refractivity contribution in [1.29, 1.82) is 0 Å². The van der Waals surface area contributed by atoms with Crippen molar-refractivity contribution in [3.05, 3.63) is 71.3 Å². The number of methoxy groups -OCH3 is 1. The predicted molar refractivity (Wildman–Crippen MR) is 107 cm³/mol. The smallest absolute Gasteiger partial charge is 0.237 e. The summed E-state index contributed by atoms with van der Waals surface area (Å²) in [5.74, 6) is -1.18. The van der Waals surface area contributed by atoms with Gasteiger partial charge in [-0.05, 0) is 24.1 Å². The van der Waals surface area contributed by atoms with Crippen LogP contribution in [0.3, 0.4) is 0 Å². The van der Waals surface area contributed by atoms with Gasteiger partial charge in [0.05, 0.1) is 12.6 Å². The Kier molecular flexibility index (Phi) is 7.69. The fraction of sp³-hybridized carbons (Fsp3) is 0.409. The monoisotopic (exact) mass is 403 g/mol. The zero-order chi connectivity index (χ0) is 20.6. The number of carbonyl (C=O) groups excluding carboxylic acids is 1. The van der Waals surface area contributed by atoms with Gasteiger partial charge in [0, 0.05) is 44.9 Å². The Bertz CT molecular complexity index is 784. The molecule has 156 valence electrons. The second-order valence-corrected chi connectivity index (χ2v) is 7.23. The molecule has 0 aromatic heterocycles. The van der Waals surface area contributed by atoms with Gasteiger partial charge < -0.3 is 15.4 Å². The first-order valence-corrected chi connectivity index (χ1v) is 9.79. The molecule has 2 atom stereocenters. The Balaban J connectivity index is 1.65. The highest BCUT2D eigenvalue weighted by Crippen LogP contribution is 2.22. The molecule has 2 aromatic rings. The molecule has 1 heterocycles. The summed E-state index contributed by atoms with van der Waals surface area (Å²) in [7, 11) is 1.59. The van der Waals surface area contributed by atoms with E-state index in [0.29, 0.717) is 32.7 Å². The van der Waals surface area contributed by atoms with Crippen LogP contribution in [0.5, 0.6) is 0 Å². The van der Waals surface area contributed by atoms with Crippen LogP contribution in [0.4, 0.5) is 8.78 Å². The molecular weight excluding hydrogens is 376 g/mol. The average Bonchev–Trinajstić information content (AvgIpc) is 3.11. The Morgan fingerprint density at radius 1 is 1.14 bits per heavy atom. The molecule has 5 nitrogen and oxygen atoms in total. The van der Waals surface area contributed by atoms with Crippen LogP contribution in [0.15, 0.2) is 48.5 Å². The number of hydrogen-bond acceptors (Lipinski definition) is 4. The lowest BCUT2D eigenvalue weighted by molar-refractivity contribution is -0.125. The van der Waals surface area contributed by atoms with Gasteiger partial charge in [0.25, 0.3) is 0 Å². The number of rotatable bonds is 9. The van der Waals surface area contributed by atoms with Crippen LogP contribution in [-0.2, 0) is 22.6 Å². The van der Waals surface area contributed by atoms with Gasteiger partial charge in [-0.1, -0.05) is 36.4 Å². The lowest BCUT2D eigenvalue weighted by Gasteiger charge is -2.23. The van der Waals surface area contributed by atoms with E-state index in [1.54, 1.807) is 7.11 Å². The standard InChI is InChI=1S/C22H27F2N3O2/c1-29-11-10-25-22(28)21-12-17(15-27(21)14-16-6-3-2-4-7-16)26-13-18-19(23)8-5-9-20(18)24/h2-9,17,21,26H,10-15H2,1H3,(H,25,28)/t17-,21+/m1/s1. The molecule has 1 aliphatic heterocycles. The van der Waals surface area contributed by atoms with E-state index in [0.717, 1.165) is 5.56 Å². The summed E-state index contributed by atoms with van der Waals surface area (Å²) in [5, 5.41) is 6.12. The minimum Gasteiger partial charge on any atom is -0.383 e. The SMILES string of the molecule is COCCNC(=O)[C@@H]1C[C@@H](NCc2c(F)cccc2F)CN1Cc1ccccc1. The van der Waals surface area contributed by atoms with E-state index in [2.05, 4.69) is 15.5 Å². The Labute approximate surface area is 170 Å². The first kappa shape index (κ1) is 21.4. The van der Waals surface area contributed by atoms with E-state index in [4.69, 9.17) is 4.74 Å². The minimum atomic E-state index is -0.564. The van der Waals surface area contributed by atoms with Crippen molar-refractivity contribution >= 4 is 5.91 Å². The number of halogens is 2. The highest BCUT2D eigenvalue weighted by Gasteiger charge is 2.36. The molecule has 0 unspecified atom stereocenters. The average molecular weight is 403 g/mol. The largest absolute Gasteiger partial charge is 0.383 e. The van der Waals surface area contributed by atoms with Gasteiger partial charge in [-0.25, -0.2) is 8.78 Å². The van der Waals surface area contributed by atoms with Crippen LogP contribution in [0, 0.1) is 11.6 Å². The Morgan fingerprint density at radius 2 is 1.86 bits per heavy atom. The summed E-state index contributed by atoms with van der Waals surface area (Å²) in [5.41, 5.74) is 1.14. The van der Waals surface area contributed by atoms with E-state index in [1.807, 2.05) is 30.3 Å². The number of benzene rings is 2. The molecule has 2 N–H and O–H groups in total. The summed E-state index contributed by atoms with van der Waals surface area (Å²) in [6.07, 6.45) is 0.571. The summed E-state index contributed by atoms with van der Waals surface area (Å²) in [4.78, 5) is 14.8. The quantitative estimate of drug-likeness (QED) is 0.632. The van der Waals surface area contributed by atoms with Crippen molar-refractivity contribution in [1.82, 2.24) is 15.5 Å². The van der Waals surface area contributed by atoms with Gasteiger partial charge in [-0.3, -0.25) is 9.69 Å². The molecule has 0 radical (unpaired) electrons. The summed E-state index contributed by atoms with van der Waals surface area (Å²) in [6, 6.07) is 13.4. The highest BCUT2D eigenvalue weighted by molar-refractivity contribution is 5.82. The summed E-state index contributed by atoms with van der Waals surface area (Å²) in [6.45, 7) is 2.23. The first-order valence-electron chi connectivity index (χ1n) is 9.79. The number of carbonyl (C=O) groups is 1. The third kappa shape index (κ3) is 5.82. The number of nitrogens with one attached hydrogen (secondary N) is 2. The maximum Gasteiger partial charge on any atom is 0.237 e. The molecule has 2 aromatic carbocycles. The molecule has 0 bridgehead atoms. The second kappa shape index (κ2) is 10.4. The fourth-order valence-corrected chi connectivity index (χ4v) is 3.66. The molecule has 1 aliphatic rings. The molecule has 1 fully saturated rings. The normalized spacial score (nSPS) is 19.4. The number of amides is 1. The first-order chi connectivity index (χ1) is 14.1. The fourth-order valence-electron chi connectivity index (χ4n) is 3.66. The van der Waals surface area contributed by atoms with Crippen molar-refractivity contribution in [2.75, 3.05) is 26.8 Å². The van der Waals surface area contributed by atoms with E-state index in [-0.39, 0.29) is 30.1 Å². The summed E-state index contributed by atoms with van der Waals surface area (Å²) >= 11 is 0. The number of nitrogens with zero attached hydrogens (tertiary/aromatic N) is 1. The number of likely N-dealkylation sites (tertiary alicyclic amines) is 1. The van der Waals surface area contributed by atoms with E-state index in [1.165, 1.54) is 18.2 Å². The molecule has 0 saturated carbocycles. The van der Waals surface area contributed by atoms with Crippen LogP contribution in [0.1, 0.15) is 17.5 Å². The highest BCUT2D eigenvalue weighted by atomic mass is 19.1. The van der Waals surface area contributed by atoms with Crippen LogP contribution < -0.4 is 10.6 Å². The molecular formula is C22H27F2N3O2. The maximum absolute atomic E-state index is 13.9. The Morgan fingerprint density at radius 3 is 2.55 bits per heavy atom. The van der Waals surface area contributed by atoms with Gasteiger partial charge in [0.1, 0.15) is 11.6 Å². The molecule has 1 amide bonds. The predicted octanol–water partition coefficient (Wildman–Crippen LogP) is 2.46. The Hall–Kier alpha value is -2.35. The van der Waals surface area contributed by atoms with Crippen molar-refractivity contribution in [3.63, 3.8) is 0 Å². The lowest BCUT2D eigenvalue weighted by atomic mass is 10.1. The van der Waals surface area contributed by atoms with Crippen molar-refractivity contribution in [2.45, 2.75) is 31.6 Å². The number of ether oxygens (including phenoxy) is 1. The van der Waals surface area contributed by atoms with Gasteiger partial charge in [0.15, 0.2) is 0 Å². The lowest BCUT2D eigenvalue weighted by Crippen LogP contribution is -2.43. The van der Waals surface area contributed by atoms with Crippen molar-refractivity contribution < 1.29 is 18.3 Å². The third-order valence-electron chi connectivity index (χ3n) is 5.17. The van der Waals surface area contributed by atoms with Crippen LogP contribution in [0.2, 0.25) is 0 Å². The molecule has 0 spiro atoms. The van der Waals surface area contributed by atoms with E-state index >= 15 is 0 Å². The van der Waals surface area contributed by atoms with Gasteiger partial charge in [-0.15, -0.1) is 0 Å². The van der Waals surface area contributed by atoms with Gasteiger partial charge >= 0.3 is 0 Å². The third-order valence-corrected chi connectivity index (χ3v) is 5.17. The van der Waals surface area contributed by atoms with Crippen LogP contribution in [-0.4, -0.2) is 49.7 Å². The molecule has 3 rings (SSSR count). The molecule has 29 heavy (non-hydrogen) atoms. The molecule has 1 saturated heterocycles. The number of hydrogen-bond donors (Lipinski definition) is 2. The summed E-state index contributed by atoms with van der Waals surface area (Å²) < 4.78 is 32.8. The van der Waals surface area contributed by atoms with Crippen molar-refractivity contribution in [3.8, 4) is 0 Å². The van der Waals surface area contributed by atoms with Gasteiger partial charge in [0.2, 0.25) is 5.91 Å². The van der Waals surface area contributed by atoms with Crippen LogP contribution in [0.25, 0.3) is 0 Å². The molecule has 7 heteroatoms. The van der Waals surface area contributed by atoms with E-state index in [9.17, 15) is 13.6 Å². The van der Waals surface area contributed by atoms with Crippen LogP contribution >= 0.6 is 0 Å². The van der Waals surface area contributed by atoms with Gasteiger partial charge in [-0.2, -0.15) is 0 Å². The van der Waals surface area contributed by atoms with Crippen molar-refractivity contribution in [2.24, 2.45) is 0 Å². The zero-order valence-corrected chi connectivity index (χ0v) is 16.5. The maximum atomic E-state index is 13.9. The van der Waals surface area contributed by atoms with E-state index < -0.39 is 11.6 Å².